The molecule has 0 amide bonds. The van der Waals surface area contributed by atoms with E-state index >= 15 is 0 Å². The molecule has 4 rings (SSSR count). The van der Waals surface area contributed by atoms with Gasteiger partial charge >= 0.3 is 0 Å². The monoisotopic (exact) mass is 344 g/mol. The number of rotatable bonds is 3. The molecule has 7 nitrogen and oxygen atoms in total. The SMILES string of the molecule is O=[N+]([O-])c1ccc(N=Nc2c(O)c3ccccc3c3ccccc23)nc1. The molecule has 0 radical (unpaired) electrons. The van der Waals surface area contributed by atoms with Crippen molar-refractivity contribution in [3.05, 3.63) is 77.0 Å². The van der Waals surface area contributed by atoms with E-state index in [1.54, 1.807) is 0 Å². The first kappa shape index (κ1) is 15.6. The van der Waals surface area contributed by atoms with Crippen molar-refractivity contribution in [2.75, 3.05) is 0 Å². The lowest BCUT2D eigenvalue weighted by Gasteiger charge is -2.09. The standard InChI is InChI=1S/C19H12N4O3/c24-19-16-8-4-2-6-14(16)13-5-1-3-7-15(13)18(19)22-21-17-10-9-12(11-20-17)23(25)26/h1-11,24H. The first-order valence-electron chi connectivity index (χ1n) is 7.80. The smallest absolute Gasteiger partial charge is 0.287 e. The number of hydrogen-bond acceptors (Lipinski definition) is 6. The van der Waals surface area contributed by atoms with Crippen molar-refractivity contribution in [1.82, 2.24) is 4.98 Å². The zero-order valence-electron chi connectivity index (χ0n) is 13.4. The van der Waals surface area contributed by atoms with Gasteiger partial charge in [-0.15, -0.1) is 10.2 Å². The van der Waals surface area contributed by atoms with Crippen LogP contribution in [0.4, 0.5) is 17.2 Å². The summed E-state index contributed by atoms with van der Waals surface area (Å²) in [5.41, 5.74) is 0.211. The number of azo groups is 1. The zero-order valence-corrected chi connectivity index (χ0v) is 13.4. The van der Waals surface area contributed by atoms with Gasteiger partial charge in [-0.05, 0) is 16.8 Å². The van der Waals surface area contributed by atoms with Crippen LogP contribution in [0.1, 0.15) is 0 Å². The van der Waals surface area contributed by atoms with Crippen LogP contribution in [0.25, 0.3) is 21.5 Å². The second-order valence-electron chi connectivity index (χ2n) is 5.62. The van der Waals surface area contributed by atoms with Crippen LogP contribution in [0, 0.1) is 10.1 Å². The van der Waals surface area contributed by atoms with Gasteiger partial charge < -0.3 is 5.11 Å². The Bertz CT molecular complexity index is 1170. The summed E-state index contributed by atoms with van der Waals surface area (Å²) in [6.45, 7) is 0. The average molecular weight is 344 g/mol. The highest BCUT2D eigenvalue weighted by Crippen LogP contribution is 2.43. The molecule has 26 heavy (non-hydrogen) atoms. The number of aromatic hydroxyl groups is 1. The Morgan fingerprint density at radius 1 is 0.846 bits per heavy atom. The summed E-state index contributed by atoms with van der Waals surface area (Å²) >= 11 is 0. The van der Waals surface area contributed by atoms with Gasteiger partial charge in [0.15, 0.2) is 11.6 Å². The quantitative estimate of drug-likeness (QED) is 0.232. The summed E-state index contributed by atoms with van der Waals surface area (Å²) in [7, 11) is 0. The molecule has 0 saturated carbocycles. The van der Waals surface area contributed by atoms with Crippen LogP contribution < -0.4 is 0 Å². The molecule has 0 atom stereocenters. The molecule has 4 aromatic rings. The number of phenols is 1. The lowest BCUT2D eigenvalue weighted by Crippen LogP contribution is -1.87. The van der Waals surface area contributed by atoms with Crippen molar-refractivity contribution < 1.29 is 10.0 Å². The number of nitro groups is 1. The van der Waals surface area contributed by atoms with Gasteiger partial charge in [0, 0.05) is 16.8 Å². The van der Waals surface area contributed by atoms with Gasteiger partial charge in [0.2, 0.25) is 0 Å². The predicted octanol–water partition coefficient (Wildman–Crippen LogP) is 5.42. The summed E-state index contributed by atoms with van der Waals surface area (Å²) in [5.74, 6) is 0.247. The summed E-state index contributed by atoms with van der Waals surface area (Å²) in [6.07, 6.45) is 1.12. The van der Waals surface area contributed by atoms with Crippen LogP contribution >= 0.6 is 0 Å². The molecule has 0 fully saturated rings. The fourth-order valence-electron chi connectivity index (χ4n) is 2.85. The summed E-state index contributed by atoms with van der Waals surface area (Å²) in [6, 6.07) is 17.8. The van der Waals surface area contributed by atoms with Crippen molar-refractivity contribution in [3.63, 3.8) is 0 Å². The third kappa shape index (κ3) is 2.61. The van der Waals surface area contributed by atoms with Crippen LogP contribution in [-0.2, 0) is 0 Å². The maximum Gasteiger partial charge on any atom is 0.287 e. The second kappa shape index (κ2) is 6.21. The zero-order chi connectivity index (χ0) is 18.1. The molecule has 0 aliphatic carbocycles. The van der Waals surface area contributed by atoms with E-state index in [0.29, 0.717) is 11.1 Å². The average Bonchev–Trinajstić information content (AvgIpc) is 2.68. The van der Waals surface area contributed by atoms with E-state index in [-0.39, 0.29) is 17.3 Å². The lowest BCUT2D eigenvalue weighted by molar-refractivity contribution is -0.385. The Balaban J connectivity index is 1.87. The van der Waals surface area contributed by atoms with E-state index in [0.717, 1.165) is 22.4 Å². The van der Waals surface area contributed by atoms with E-state index in [2.05, 4.69) is 15.2 Å². The number of hydrogen-bond donors (Lipinski definition) is 1. The number of aromatic nitrogens is 1. The minimum atomic E-state index is -0.531. The highest BCUT2D eigenvalue weighted by atomic mass is 16.6. The van der Waals surface area contributed by atoms with Crippen LogP contribution in [0.3, 0.4) is 0 Å². The molecular weight excluding hydrogens is 332 g/mol. The number of phenolic OH excluding ortho intramolecular Hbond substituents is 1. The maximum atomic E-state index is 10.7. The molecule has 0 aliphatic heterocycles. The number of nitrogens with zero attached hydrogens (tertiary/aromatic N) is 4. The number of fused-ring (bicyclic) bond motifs is 3. The van der Waals surface area contributed by atoms with Crippen LogP contribution in [0.5, 0.6) is 5.75 Å². The van der Waals surface area contributed by atoms with Gasteiger partial charge in [0.05, 0.1) is 4.92 Å². The molecule has 0 unspecified atom stereocenters. The van der Waals surface area contributed by atoms with Crippen LogP contribution in [-0.4, -0.2) is 15.0 Å². The van der Waals surface area contributed by atoms with E-state index in [9.17, 15) is 15.2 Å². The maximum absolute atomic E-state index is 10.7. The highest BCUT2D eigenvalue weighted by Gasteiger charge is 2.13. The molecular formula is C19H12N4O3. The topological polar surface area (TPSA) is 101 Å². The Morgan fingerprint density at radius 2 is 1.46 bits per heavy atom. The minimum absolute atomic E-state index is 0.0324. The summed E-state index contributed by atoms with van der Waals surface area (Å²) in [4.78, 5) is 14.1. The van der Waals surface area contributed by atoms with E-state index in [1.165, 1.54) is 12.1 Å². The fourth-order valence-corrected chi connectivity index (χ4v) is 2.85. The predicted molar refractivity (Wildman–Crippen MR) is 98.2 cm³/mol. The number of benzene rings is 3. The van der Waals surface area contributed by atoms with Crippen molar-refractivity contribution in [3.8, 4) is 5.75 Å². The molecule has 0 aliphatic rings. The molecule has 1 N–H and O–H groups in total. The Labute approximate surface area is 147 Å². The van der Waals surface area contributed by atoms with Gasteiger partial charge in [-0.3, -0.25) is 10.1 Å². The highest BCUT2D eigenvalue weighted by molar-refractivity contribution is 6.15. The minimum Gasteiger partial charge on any atom is -0.505 e. The van der Waals surface area contributed by atoms with Crippen molar-refractivity contribution in [1.29, 1.82) is 0 Å². The Hall–Kier alpha value is -3.87. The lowest BCUT2D eigenvalue weighted by atomic mass is 9.99. The third-order valence-electron chi connectivity index (χ3n) is 4.07. The Morgan fingerprint density at radius 3 is 2.08 bits per heavy atom. The molecule has 0 bridgehead atoms. The third-order valence-corrected chi connectivity index (χ3v) is 4.07. The van der Waals surface area contributed by atoms with Gasteiger partial charge in [-0.2, -0.15) is 0 Å². The summed E-state index contributed by atoms with van der Waals surface area (Å²) in [5, 5.41) is 32.9. The first-order valence-corrected chi connectivity index (χ1v) is 7.80. The number of pyridine rings is 1. The van der Waals surface area contributed by atoms with Gasteiger partial charge in [-0.25, -0.2) is 4.98 Å². The van der Waals surface area contributed by atoms with Gasteiger partial charge in [-0.1, -0.05) is 48.5 Å². The van der Waals surface area contributed by atoms with E-state index in [1.807, 2.05) is 48.5 Å². The fraction of sp³-hybridized carbons (Fsp3) is 0. The molecule has 0 saturated heterocycles. The molecule has 3 aromatic carbocycles. The molecule has 1 aromatic heterocycles. The molecule has 0 spiro atoms. The van der Waals surface area contributed by atoms with Gasteiger partial charge in [0.1, 0.15) is 11.9 Å². The largest absolute Gasteiger partial charge is 0.505 e. The van der Waals surface area contributed by atoms with Gasteiger partial charge in [0.25, 0.3) is 5.69 Å². The molecule has 1 heterocycles. The van der Waals surface area contributed by atoms with E-state index < -0.39 is 4.92 Å². The second-order valence-corrected chi connectivity index (χ2v) is 5.62. The van der Waals surface area contributed by atoms with Crippen LogP contribution in [0.2, 0.25) is 0 Å². The molecule has 7 heteroatoms. The van der Waals surface area contributed by atoms with Crippen molar-refractivity contribution >= 4 is 38.7 Å². The first-order chi connectivity index (χ1) is 12.6. The van der Waals surface area contributed by atoms with Crippen molar-refractivity contribution in [2.45, 2.75) is 0 Å². The Kier molecular flexibility index (Phi) is 3.74. The molecule has 126 valence electrons. The van der Waals surface area contributed by atoms with E-state index in [4.69, 9.17) is 0 Å². The normalized spacial score (nSPS) is 11.4. The van der Waals surface area contributed by atoms with Crippen molar-refractivity contribution in [2.24, 2.45) is 10.2 Å². The summed E-state index contributed by atoms with van der Waals surface area (Å²) < 4.78 is 0. The van der Waals surface area contributed by atoms with Crippen LogP contribution in [0.15, 0.2) is 77.1 Å².